The third kappa shape index (κ3) is 3.11. The van der Waals surface area contributed by atoms with Crippen LogP contribution in [0.5, 0.6) is 5.75 Å². The normalized spacial score (nSPS) is 14.0. The Morgan fingerprint density at radius 1 is 1.00 bits per heavy atom. The summed E-state index contributed by atoms with van der Waals surface area (Å²) in [5.41, 5.74) is 3.63. The zero-order valence-electron chi connectivity index (χ0n) is 14.4. The first-order chi connectivity index (χ1) is 12.3. The van der Waals surface area contributed by atoms with Crippen LogP contribution in [0.25, 0.3) is 16.9 Å². The molecular weight excluding hydrogens is 376 g/mol. The van der Waals surface area contributed by atoms with Gasteiger partial charge >= 0.3 is 0 Å². The van der Waals surface area contributed by atoms with Gasteiger partial charge in [0.05, 0.1) is 13.7 Å². The number of hydrogen-bond donors (Lipinski definition) is 0. The summed E-state index contributed by atoms with van der Waals surface area (Å²) in [5.74, 6) is 2.27. The number of rotatable bonds is 3. The summed E-state index contributed by atoms with van der Waals surface area (Å²) in [7, 11) is 1.74. The van der Waals surface area contributed by atoms with Crippen molar-refractivity contribution in [3.8, 4) is 22.7 Å². The highest BCUT2D eigenvalue weighted by atomic mass is 79.9. The van der Waals surface area contributed by atoms with Gasteiger partial charge in [0.25, 0.3) is 5.82 Å². The maximum Gasteiger partial charge on any atom is 0.262 e. The van der Waals surface area contributed by atoms with Crippen molar-refractivity contribution in [1.29, 1.82) is 0 Å². The van der Waals surface area contributed by atoms with Crippen LogP contribution in [0.3, 0.4) is 0 Å². The smallest absolute Gasteiger partial charge is 0.262 e. The van der Waals surface area contributed by atoms with E-state index >= 15 is 0 Å². The number of ether oxygens (including phenoxy) is 1. The molecule has 25 heavy (non-hydrogen) atoms. The second-order valence-corrected chi connectivity index (χ2v) is 7.36. The summed E-state index contributed by atoms with van der Waals surface area (Å²) in [4.78, 5) is 0. The predicted molar refractivity (Wildman–Crippen MR) is 103 cm³/mol. The van der Waals surface area contributed by atoms with E-state index in [2.05, 4.69) is 67.7 Å². The molecule has 0 aliphatic carbocycles. The average molecular weight is 398 g/mol. The Morgan fingerprint density at radius 3 is 2.60 bits per heavy atom. The standard InChI is InChI=1S/C21H22BrN2O/c1-25-20-8-5-4-7-18(20)24-15-19(16-10-12-17(22)13-11-16)23-14-6-2-3-9-21(23)24/h4-5,7-8,10-13,15H,2-3,6,9,14H2,1H3/q+1. The van der Waals surface area contributed by atoms with Crippen LogP contribution in [0.4, 0.5) is 0 Å². The Morgan fingerprint density at radius 2 is 1.80 bits per heavy atom. The molecule has 0 N–H and O–H groups in total. The van der Waals surface area contributed by atoms with Gasteiger partial charge in [-0.15, -0.1) is 0 Å². The van der Waals surface area contributed by atoms with Crippen molar-refractivity contribution in [1.82, 2.24) is 4.57 Å². The number of methoxy groups -OCH3 is 1. The Kier molecular flexibility index (Phi) is 4.62. The lowest BCUT2D eigenvalue weighted by molar-refractivity contribution is -0.604. The molecule has 0 saturated carbocycles. The number of benzene rings is 2. The van der Waals surface area contributed by atoms with Crippen LogP contribution in [-0.2, 0) is 13.0 Å². The van der Waals surface area contributed by atoms with Gasteiger partial charge in [-0.3, -0.25) is 0 Å². The SMILES string of the molecule is COc1ccccc1-[n+]1cc(-c2ccc(Br)cc2)n2c1CCCCC2. The highest BCUT2D eigenvalue weighted by Gasteiger charge is 2.28. The molecule has 1 aliphatic rings. The molecule has 4 rings (SSSR count). The highest BCUT2D eigenvalue weighted by Crippen LogP contribution is 2.28. The number of imidazole rings is 1. The third-order valence-corrected chi connectivity index (χ3v) is 5.43. The van der Waals surface area contributed by atoms with E-state index in [1.165, 1.54) is 36.3 Å². The number of aromatic nitrogens is 2. The molecule has 2 heterocycles. The molecule has 4 heteroatoms. The van der Waals surface area contributed by atoms with E-state index in [0.717, 1.165) is 28.9 Å². The number of halogens is 1. The molecule has 0 bridgehead atoms. The largest absolute Gasteiger partial charge is 0.492 e. The summed E-state index contributed by atoms with van der Waals surface area (Å²) >= 11 is 3.54. The zero-order valence-corrected chi connectivity index (χ0v) is 16.0. The second kappa shape index (κ2) is 7.04. The van der Waals surface area contributed by atoms with Gasteiger partial charge in [0.1, 0.15) is 6.20 Å². The summed E-state index contributed by atoms with van der Waals surface area (Å²) in [6.07, 6.45) is 7.11. The molecule has 0 fully saturated rings. The van der Waals surface area contributed by atoms with E-state index < -0.39 is 0 Å². The van der Waals surface area contributed by atoms with E-state index in [1.807, 2.05) is 12.1 Å². The fraction of sp³-hybridized carbons (Fsp3) is 0.286. The van der Waals surface area contributed by atoms with Crippen LogP contribution < -0.4 is 9.30 Å². The van der Waals surface area contributed by atoms with Gasteiger partial charge < -0.3 is 4.74 Å². The molecule has 0 spiro atoms. The minimum atomic E-state index is 0.910. The van der Waals surface area contributed by atoms with Gasteiger partial charge in [-0.05, 0) is 55.7 Å². The average Bonchev–Trinajstić information content (AvgIpc) is 2.83. The van der Waals surface area contributed by atoms with E-state index in [1.54, 1.807) is 7.11 Å². The molecule has 2 aromatic carbocycles. The van der Waals surface area contributed by atoms with Gasteiger partial charge in [-0.1, -0.05) is 28.1 Å². The first-order valence-corrected chi connectivity index (χ1v) is 9.60. The van der Waals surface area contributed by atoms with Crippen LogP contribution >= 0.6 is 15.9 Å². The maximum absolute atomic E-state index is 5.62. The quantitative estimate of drug-likeness (QED) is 0.573. The molecule has 0 atom stereocenters. The molecule has 0 radical (unpaired) electrons. The van der Waals surface area contributed by atoms with Crippen LogP contribution in [-0.4, -0.2) is 11.7 Å². The van der Waals surface area contributed by atoms with Gasteiger partial charge in [-0.25, -0.2) is 4.57 Å². The molecule has 3 nitrogen and oxygen atoms in total. The lowest BCUT2D eigenvalue weighted by Gasteiger charge is -2.06. The fourth-order valence-corrected chi connectivity index (χ4v) is 3.92. The Hall–Kier alpha value is -2.07. The fourth-order valence-electron chi connectivity index (χ4n) is 3.66. The van der Waals surface area contributed by atoms with Crippen molar-refractivity contribution in [2.45, 2.75) is 32.2 Å². The molecule has 1 aliphatic heterocycles. The first-order valence-electron chi connectivity index (χ1n) is 8.81. The molecule has 3 aromatic rings. The molecule has 0 amide bonds. The van der Waals surface area contributed by atoms with Gasteiger partial charge in [-0.2, -0.15) is 4.57 Å². The van der Waals surface area contributed by atoms with Crippen LogP contribution in [0.15, 0.2) is 59.2 Å². The van der Waals surface area contributed by atoms with Crippen LogP contribution in [0.1, 0.15) is 25.1 Å². The van der Waals surface area contributed by atoms with Crippen molar-refractivity contribution in [2.24, 2.45) is 0 Å². The van der Waals surface area contributed by atoms with Crippen LogP contribution in [0, 0.1) is 0 Å². The number of hydrogen-bond acceptors (Lipinski definition) is 1. The molecule has 0 unspecified atom stereocenters. The van der Waals surface area contributed by atoms with Crippen molar-refractivity contribution in [3.05, 3.63) is 65.0 Å². The summed E-state index contributed by atoms with van der Waals surface area (Å²) in [6.45, 7) is 1.07. The second-order valence-electron chi connectivity index (χ2n) is 6.44. The predicted octanol–water partition coefficient (Wildman–Crippen LogP) is 4.93. The zero-order chi connectivity index (χ0) is 17.2. The number of nitrogens with zero attached hydrogens (tertiary/aromatic N) is 2. The molecule has 128 valence electrons. The summed E-state index contributed by atoms with van der Waals surface area (Å²) in [5, 5.41) is 0. The van der Waals surface area contributed by atoms with E-state index in [4.69, 9.17) is 4.74 Å². The van der Waals surface area contributed by atoms with Crippen LogP contribution in [0.2, 0.25) is 0 Å². The number of para-hydroxylation sites is 2. The Balaban J connectivity index is 1.92. The van der Waals surface area contributed by atoms with E-state index in [-0.39, 0.29) is 0 Å². The topological polar surface area (TPSA) is 18.0 Å². The first kappa shape index (κ1) is 16.4. The van der Waals surface area contributed by atoms with Crippen molar-refractivity contribution < 1.29 is 9.30 Å². The minimum absolute atomic E-state index is 0.910. The highest BCUT2D eigenvalue weighted by molar-refractivity contribution is 9.10. The van der Waals surface area contributed by atoms with Crippen molar-refractivity contribution in [3.63, 3.8) is 0 Å². The molecule has 0 saturated heterocycles. The summed E-state index contributed by atoms with van der Waals surface area (Å²) < 4.78 is 11.5. The van der Waals surface area contributed by atoms with Crippen molar-refractivity contribution in [2.75, 3.05) is 7.11 Å². The van der Waals surface area contributed by atoms with Gasteiger partial charge in [0, 0.05) is 16.5 Å². The maximum atomic E-state index is 5.62. The van der Waals surface area contributed by atoms with Gasteiger partial charge in [0.15, 0.2) is 17.1 Å². The molecular formula is C21H22BrN2O+. The van der Waals surface area contributed by atoms with Gasteiger partial charge in [0.2, 0.25) is 0 Å². The third-order valence-electron chi connectivity index (χ3n) is 4.90. The van der Waals surface area contributed by atoms with E-state index in [0.29, 0.717) is 0 Å². The van der Waals surface area contributed by atoms with E-state index in [9.17, 15) is 0 Å². The van der Waals surface area contributed by atoms with Crippen molar-refractivity contribution >= 4 is 15.9 Å². The monoisotopic (exact) mass is 397 g/mol. The molecule has 1 aromatic heterocycles. The summed E-state index contributed by atoms with van der Waals surface area (Å²) in [6, 6.07) is 16.9. The Bertz CT molecular complexity index is 883. The Labute approximate surface area is 157 Å². The lowest BCUT2D eigenvalue weighted by Crippen LogP contribution is -2.34. The number of fused-ring (bicyclic) bond motifs is 1. The minimum Gasteiger partial charge on any atom is -0.492 e. The lowest BCUT2D eigenvalue weighted by atomic mass is 10.1.